The van der Waals surface area contributed by atoms with Crippen LogP contribution in [0.4, 0.5) is 10.1 Å². The van der Waals surface area contributed by atoms with E-state index in [0.717, 1.165) is 31.0 Å². The summed E-state index contributed by atoms with van der Waals surface area (Å²) >= 11 is 0. The molecule has 1 aromatic rings. The minimum Gasteiger partial charge on any atom is -0.258 e. The standard InChI is InChI=1S/C11H13FN2O4S/c1-7(8-5-6-8)13-19(17,18)10-4-2-3-9(12)11(10)14(15)16/h2-4,7-8,13H,5-6H2,1H3. The molecule has 0 saturated heterocycles. The highest BCUT2D eigenvalue weighted by Crippen LogP contribution is 2.34. The maximum Gasteiger partial charge on any atom is 0.324 e. The Kier molecular flexibility index (Phi) is 3.55. The highest BCUT2D eigenvalue weighted by Gasteiger charge is 2.34. The lowest BCUT2D eigenvalue weighted by Crippen LogP contribution is -2.34. The molecule has 104 valence electrons. The van der Waals surface area contributed by atoms with Gasteiger partial charge < -0.3 is 0 Å². The Bertz CT molecular complexity index is 613. The van der Waals surface area contributed by atoms with Gasteiger partial charge in [0.15, 0.2) is 4.90 Å². The summed E-state index contributed by atoms with van der Waals surface area (Å²) < 4.78 is 39.9. The van der Waals surface area contributed by atoms with Gasteiger partial charge in [0.25, 0.3) is 0 Å². The Morgan fingerprint density at radius 1 is 1.47 bits per heavy atom. The number of halogens is 1. The first-order chi connectivity index (χ1) is 8.83. The van der Waals surface area contributed by atoms with Gasteiger partial charge >= 0.3 is 5.69 Å². The molecule has 0 aliphatic heterocycles. The Balaban J connectivity index is 2.39. The Morgan fingerprint density at radius 3 is 2.63 bits per heavy atom. The van der Waals surface area contributed by atoms with Gasteiger partial charge in [0, 0.05) is 6.04 Å². The molecule has 1 unspecified atom stereocenters. The minimum atomic E-state index is -4.09. The molecule has 2 rings (SSSR count). The lowest BCUT2D eigenvalue weighted by atomic mass is 10.2. The van der Waals surface area contributed by atoms with E-state index in [4.69, 9.17) is 0 Å². The van der Waals surface area contributed by atoms with Crippen LogP contribution in [0.25, 0.3) is 0 Å². The topological polar surface area (TPSA) is 89.3 Å². The van der Waals surface area contributed by atoms with Gasteiger partial charge in [-0.3, -0.25) is 10.1 Å². The second-order valence-electron chi connectivity index (χ2n) is 4.59. The van der Waals surface area contributed by atoms with E-state index < -0.39 is 31.3 Å². The van der Waals surface area contributed by atoms with Crippen molar-refractivity contribution in [1.82, 2.24) is 4.72 Å². The molecule has 1 aromatic carbocycles. The molecule has 19 heavy (non-hydrogen) atoms. The van der Waals surface area contributed by atoms with Crippen molar-refractivity contribution < 1.29 is 17.7 Å². The summed E-state index contributed by atoms with van der Waals surface area (Å²) in [4.78, 5) is 9.14. The number of nitro groups is 1. The van der Waals surface area contributed by atoms with Gasteiger partial charge in [-0.05, 0) is 37.8 Å². The van der Waals surface area contributed by atoms with Crippen molar-refractivity contribution in [1.29, 1.82) is 0 Å². The molecular weight excluding hydrogens is 275 g/mol. The third-order valence-corrected chi connectivity index (χ3v) is 4.68. The number of nitrogens with zero attached hydrogens (tertiary/aromatic N) is 1. The maximum absolute atomic E-state index is 13.4. The second kappa shape index (κ2) is 4.86. The zero-order valence-corrected chi connectivity index (χ0v) is 11.0. The van der Waals surface area contributed by atoms with Crippen LogP contribution in [0.1, 0.15) is 19.8 Å². The first-order valence-corrected chi connectivity index (χ1v) is 7.26. The van der Waals surface area contributed by atoms with Crippen molar-refractivity contribution in [3.63, 3.8) is 0 Å². The van der Waals surface area contributed by atoms with Crippen LogP contribution in [0, 0.1) is 21.8 Å². The Labute approximate surface area is 109 Å². The summed E-state index contributed by atoms with van der Waals surface area (Å²) in [6.07, 6.45) is 1.85. The number of benzene rings is 1. The normalized spacial score (nSPS) is 17.2. The minimum absolute atomic E-state index is 0.252. The van der Waals surface area contributed by atoms with Gasteiger partial charge in [-0.25, -0.2) is 13.1 Å². The molecule has 0 heterocycles. The molecule has 0 radical (unpaired) electrons. The first-order valence-electron chi connectivity index (χ1n) is 5.78. The highest BCUT2D eigenvalue weighted by molar-refractivity contribution is 7.89. The van der Waals surface area contributed by atoms with Gasteiger partial charge in [-0.15, -0.1) is 0 Å². The van der Waals surface area contributed by atoms with Gasteiger partial charge in [0.05, 0.1) is 4.92 Å². The fourth-order valence-corrected chi connectivity index (χ4v) is 3.38. The molecule has 0 spiro atoms. The number of hydrogen-bond donors (Lipinski definition) is 1. The van der Waals surface area contributed by atoms with Crippen molar-refractivity contribution in [2.24, 2.45) is 5.92 Å². The number of nitro benzene ring substituents is 1. The van der Waals surface area contributed by atoms with E-state index in [0.29, 0.717) is 0 Å². The fourth-order valence-electron chi connectivity index (χ4n) is 1.89. The van der Waals surface area contributed by atoms with Crippen molar-refractivity contribution in [2.75, 3.05) is 0 Å². The SMILES string of the molecule is CC(NS(=O)(=O)c1cccc(F)c1[N+](=O)[O-])C1CC1. The lowest BCUT2D eigenvalue weighted by molar-refractivity contribution is -0.390. The monoisotopic (exact) mass is 288 g/mol. The second-order valence-corrected chi connectivity index (χ2v) is 6.27. The van der Waals surface area contributed by atoms with Gasteiger partial charge in [0.2, 0.25) is 15.8 Å². The van der Waals surface area contributed by atoms with Crippen LogP contribution in [-0.2, 0) is 10.0 Å². The van der Waals surface area contributed by atoms with Gasteiger partial charge in [-0.2, -0.15) is 4.39 Å². The fraction of sp³-hybridized carbons (Fsp3) is 0.455. The predicted octanol–water partition coefficient (Wildman–Crippen LogP) is 1.81. The summed E-state index contributed by atoms with van der Waals surface area (Å²) in [5, 5.41) is 10.8. The summed E-state index contributed by atoms with van der Waals surface area (Å²) in [6.45, 7) is 1.69. The average molecular weight is 288 g/mol. The molecule has 0 bridgehead atoms. The molecule has 1 N–H and O–H groups in total. The van der Waals surface area contributed by atoms with E-state index in [1.54, 1.807) is 6.92 Å². The predicted molar refractivity (Wildman–Crippen MR) is 65.6 cm³/mol. The quantitative estimate of drug-likeness (QED) is 0.661. The number of rotatable bonds is 5. The molecule has 1 fully saturated rings. The number of hydrogen-bond acceptors (Lipinski definition) is 4. The lowest BCUT2D eigenvalue weighted by Gasteiger charge is -2.13. The Hall–Kier alpha value is -1.54. The molecule has 6 nitrogen and oxygen atoms in total. The van der Waals surface area contributed by atoms with Gasteiger partial charge in [0.1, 0.15) is 0 Å². The van der Waals surface area contributed by atoms with E-state index >= 15 is 0 Å². The van der Waals surface area contributed by atoms with Crippen LogP contribution >= 0.6 is 0 Å². The van der Waals surface area contributed by atoms with Crippen LogP contribution in [0.3, 0.4) is 0 Å². The van der Waals surface area contributed by atoms with Gasteiger partial charge in [-0.1, -0.05) is 6.07 Å². The summed E-state index contributed by atoms with van der Waals surface area (Å²) in [5.41, 5.74) is -1.02. The third-order valence-electron chi connectivity index (χ3n) is 3.09. The zero-order chi connectivity index (χ0) is 14.2. The van der Waals surface area contributed by atoms with Crippen LogP contribution in [0.5, 0.6) is 0 Å². The van der Waals surface area contributed by atoms with Crippen molar-refractivity contribution >= 4 is 15.7 Å². The number of para-hydroxylation sites is 1. The summed E-state index contributed by atoms with van der Waals surface area (Å²) in [6, 6.07) is 2.72. The summed E-state index contributed by atoms with van der Waals surface area (Å²) in [5.74, 6) is -0.908. The van der Waals surface area contributed by atoms with Crippen LogP contribution in [0.2, 0.25) is 0 Å². The van der Waals surface area contributed by atoms with E-state index in [2.05, 4.69) is 4.72 Å². The largest absolute Gasteiger partial charge is 0.324 e. The first kappa shape index (κ1) is 13.9. The number of nitrogens with one attached hydrogen (secondary N) is 1. The number of sulfonamides is 1. The highest BCUT2D eigenvalue weighted by atomic mass is 32.2. The molecule has 0 aromatic heterocycles. The third kappa shape index (κ3) is 2.90. The van der Waals surface area contributed by atoms with Crippen molar-refractivity contribution in [3.8, 4) is 0 Å². The summed E-state index contributed by atoms with van der Waals surface area (Å²) in [7, 11) is -4.09. The zero-order valence-electron chi connectivity index (χ0n) is 10.2. The van der Waals surface area contributed by atoms with Crippen molar-refractivity contribution in [2.45, 2.75) is 30.7 Å². The smallest absolute Gasteiger partial charge is 0.258 e. The van der Waals surface area contributed by atoms with Crippen LogP contribution < -0.4 is 4.72 Å². The maximum atomic E-state index is 13.4. The molecule has 1 aliphatic carbocycles. The van der Waals surface area contributed by atoms with Crippen molar-refractivity contribution in [3.05, 3.63) is 34.1 Å². The van der Waals surface area contributed by atoms with Crippen LogP contribution in [0.15, 0.2) is 23.1 Å². The molecule has 1 saturated carbocycles. The van der Waals surface area contributed by atoms with Crippen LogP contribution in [-0.4, -0.2) is 19.4 Å². The molecule has 1 aliphatic rings. The van der Waals surface area contributed by atoms with E-state index in [9.17, 15) is 22.9 Å². The molecule has 8 heteroatoms. The molecule has 1 atom stereocenters. The molecule has 0 amide bonds. The van der Waals surface area contributed by atoms with E-state index in [1.165, 1.54) is 0 Å². The molecular formula is C11H13FN2O4S. The average Bonchev–Trinajstić information content (AvgIpc) is 3.11. The Morgan fingerprint density at radius 2 is 2.11 bits per heavy atom. The van der Waals surface area contributed by atoms with E-state index in [1.807, 2.05) is 0 Å². The van der Waals surface area contributed by atoms with E-state index in [-0.39, 0.29) is 12.0 Å².